The molecule has 0 aliphatic carbocycles. The third-order valence-corrected chi connectivity index (χ3v) is 8.20. The molecule has 38 heavy (non-hydrogen) atoms. The number of hydrogen-bond donors (Lipinski definition) is 1. The summed E-state index contributed by atoms with van der Waals surface area (Å²) in [4.78, 5) is 11.0. The minimum Gasteiger partial charge on any atom is -0.497 e. The van der Waals surface area contributed by atoms with Crippen molar-refractivity contribution in [3.63, 3.8) is 0 Å². The van der Waals surface area contributed by atoms with Crippen LogP contribution >= 0.6 is 0 Å². The second-order valence-corrected chi connectivity index (χ2v) is 11.8. The minimum atomic E-state index is -3.51. The second-order valence-electron chi connectivity index (χ2n) is 9.77. The van der Waals surface area contributed by atoms with Gasteiger partial charge in [0.15, 0.2) is 9.84 Å². The summed E-state index contributed by atoms with van der Waals surface area (Å²) in [6.45, 7) is 3.93. The number of piperidine rings is 1. The van der Waals surface area contributed by atoms with E-state index in [1.165, 1.54) is 24.0 Å². The Labute approximate surface area is 221 Å². The molecule has 11 heteroatoms. The lowest BCUT2D eigenvalue weighted by Gasteiger charge is -2.48. The van der Waals surface area contributed by atoms with E-state index in [1.54, 1.807) is 7.11 Å². The van der Waals surface area contributed by atoms with Crippen LogP contribution in [0.15, 0.2) is 53.7 Å². The SMILES string of the molecule is COc1ccc(CN2C3COC[C@H]2CC(Oc2ncnc(Nc4ccc(S(C)(=O)=O)cc4F)c2C)C3)cc1. The molecule has 3 atom stereocenters. The van der Waals surface area contributed by atoms with Crippen LogP contribution in [0, 0.1) is 12.7 Å². The first kappa shape index (κ1) is 26.3. The van der Waals surface area contributed by atoms with Gasteiger partial charge in [0, 0.05) is 37.7 Å². The number of nitrogens with one attached hydrogen (secondary N) is 1. The van der Waals surface area contributed by atoms with E-state index < -0.39 is 15.7 Å². The third-order valence-electron chi connectivity index (χ3n) is 7.09. The van der Waals surface area contributed by atoms with Crippen LogP contribution in [-0.2, 0) is 21.1 Å². The van der Waals surface area contributed by atoms with Crippen molar-refractivity contribution in [2.45, 2.75) is 49.4 Å². The Morgan fingerprint density at radius 1 is 1.11 bits per heavy atom. The summed E-state index contributed by atoms with van der Waals surface area (Å²) in [6.07, 6.45) is 3.95. The number of aromatic nitrogens is 2. The quantitative estimate of drug-likeness (QED) is 0.454. The molecular weight excluding hydrogens is 511 g/mol. The Hall–Kier alpha value is -3.28. The zero-order chi connectivity index (χ0) is 26.9. The molecule has 2 aliphatic heterocycles. The lowest BCUT2D eigenvalue weighted by atomic mass is 9.91. The summed E-state index contributed by atoms with van der Waals surface area (Å²) in [6, 6.07) is 12.3. The number of anilines is 2. The monoisotopic (exact) mass is 542 g/mol. The highest BCUT2D eigenvalue weighted by Crippen LogP contribution is 2.33. The van der Waals surface area contributed by atoms with Crippen molar-refractivity contribution in [2.24, 2.45) is 0 Å². The maximum absolute atomic E-state index is 14.6. The first-order valence-corrected chi connectivity index (χ1v) is 14.3. The number of methoxy groups -OCH3 is 1. The highest BCUT2D eigenvalue weighted by Gasteiger charge is 2.40. The molecule has 9 nitrogen and oxygen atoms in total. The number of fused-ring (bicyclic) bond motifs is 2. The summed E-state index contributed by atoms with van der Waals surface area (Å²) in [7, 11) is -1.85. The predicted molar refractivity (Wildman–Crippen MR) is 140 cm³/mol. The number of hydrogen-bond acceptors (Lipinski definition) is 9. The van der Waals surface area contributed by atoms with Crippen molar-refractivity contribution in [1.29, 1.82) is 0 Å². The molecule has 3 heterocycles. The van der Waals surface area contributed by atoms with E-state index in [2.05, 4.69) is 32.3 Å². The smallest absolute Gasteiger partial charge is 0.221 e. The third kappa shape index (κ3) is 5.74. The Balaban J connectivity index is 1.27. The Kier molecular flexibility index (Phi) is 7.51. The van der Waals surface area contributed by atoms with Crippen LogP contribution in [-0.4, -0.2) is 68.1 Å². The standard InChI is InChI=1S/C27H31FN4O5S/c1-17-26(31-25-9-8-23(12-24(25)28)38(3,33)34)29-16-30-27(17)37-22-10-19-14-36-15-20(11-22)32(19)13-18-4-6-21(35-2)7-5-18/h4-9,12,16,19-20,22H,10-11,13-15H2,1-3H3,(H,29,30,31)/t19-,20?,22?/m1/s1. The predicted octanol–water partition coefficient (Wildman–Crippen LogP) is 3.89. The molecule has 5 rings (SSSR count). The normalized spacial score (nSPS) is 21.6. The number of nitrogens with zero attached hydrogens (tertiary/aromatic N) is 3. The Bertz CT molecular complexity index is 1390. The average Bonchev–Trinajstić information content (AvgIpc) is 2.87. The maximum Gasteiger partial charge on any atom is 0.221 e. The van der Waals surface area contributed by atoms with Gasteiger partial charge in [0.2, 0.25) is 5.88 Å². The molecule has 0 radical (unpaired) electrons. The number of sulfone groups is 1. The molecule has 2 bridgehead atoms. The van der Waals surface area contributed by atoms with Gasteiger partial charge in [-0.3, -0.25) is 4.90 Å². The van der Waals surface area contributed by atoms with Crippen molar-refractivity contribution >= 4 is 21.3 Å². The Morgan fingerprint density at radius 2 is 1.82 bits per heavy atom. The average molecular weight is 543 g/mol. The van der Waals surface area contributed by atoms with Gasteiger partial charge in [-0.05, 0) is 42.8 Å². The van der Waals surface area contributed by atoms with E-state index in [4.69, 9.17) is 14.2 Å². The first-order valence-electron chi connectivity index (χ1n) is 12.4. The van der Waals surface area contributed by atoms with E-state index in [0.29, 0.717) is 30.5 Å². The van der Waals surface area contributed by atoms with Crippen LogP contribution in [0.3, 0.4) is 0 Å². The van der Waals surface area contributed by atoms with E-state index in [9.17, 15) is 12.8 Å². The molecule has 2 saturated heterocycles. The van der Waals surface area contributed by atoms with Gasteiger partial charge in [0.25, 0.3) is 0 Å². The van der Waals surface area contributed by atoms with E-state index in [0.717, 1.165) is 37.5 Å². The van der Waals surface area contributed by atoms with Gasteiger partial charge in [-0.2, -0.15) is 0 Å². The molecule has 0 spiro atoms. The molecule has 202 valence electrons. The minimum absolute atomic E-state index is 0.0479. The molecule has 0 amide bonds. The summed E-state index contributed by atoms with van der Waals surface area (Å²) >= 11 is 0. The van der Waals surface area contributed by atoms with Gasteiger partial charge in [-0.15, -0.1) is 0 Å². The number of halogens is 1. The van der Waals surface area contributed by atoms with Crippen molar-refractivity contribution in [1.82, 2.24) is 14.9 Å². The van der Waals surface area contributed by atoms with Crippen LogP contribution in [0.25, 0.3) is 0 Å². The van der Waals surface area contributed by atoms with E-state index in [1.807, 2.05) is 19.1 Å². The molecule has 3 aromatic rings. The topological polar surface area (TPSA) is 103 Å². The van der Waals surface area contributed by atoms with Crippen LogP contribution in [0.2, 0.25) is 0 Å². The number of benzene rings is 2. The van der Waals surface area contributed by atoms with Crippen molar-refractivity contribution < 1.29 is 27.0 Å². The van der Waals surface area contributed by atoms with Crippen LogP contribution in [0.4, 0.5) is 15.9 Å². The highest BCUT2D eigenvalue weighted by molar-refractivity contribution is 7.90. The van der Waals surface area contributed by atoms with Crippen LogP contribution in [0.5, 0.6) is 11.6 Å². The first-order chi connectivity index (χ1) is 18.2. The Morgan fingerprint density at radius 3 is 2.45 bits per heavy atom. The van der Waals surface area contributed by atoms with Crippen LogP contribution < -0.4 is 14.8 Å². The number of ether oxygens (including phenoxy) is 3. The lowest BCUT2D eigenvalue weighted by molar-refractivity contribution is -0.104. The van der Waals surface area contributed by atoms with Gasteiger partial charge in [0.05, 0.1) is 36.5 Å². The summed E-state index contributed by atoms with van der Waals surface area (Å²) < 4.78 is 55.5. The number of morpholine rings is 1. The molecule has 1 N–H and O–H groups in total. The lowest BCUT2D eigenvalue weighted by Crippen LogP contribution is -2.58. The van der Waals surface area contributed by atoms with Gasteiger partial charge in [-0.1, -0.05) is 12.1 Å². The van der Waals surface area contributed by atoms with Crippen molar-refractivity contribution in [3.8, 4) is 11.6 Å². The van der Waals surface area contributed by atoms with Gasteiger partial charge in [-0.25, -0.2) is 22.8 Å². The van der Waals surface area contributed by atoms with Crippen molar-refractivity contribution in [2.75, 3.05) is 31.9 Å². The van der Waals surface area contributed by atoms with Gasteiger partial charge >= 0.3 is 0 Å². The fraction of sp³-hybridized carbons (Fsp3) is 0.407. The second kappa shape index (κ2) is 10.8. The van der Waals surface area contributed by atoms with E-state index >= 15 is 0 Å². The zero-order valence-electron chi connectivity index (χ0n) is 21.6. The summed E-state index contributed by atoms with van der Waals surface area (Å²) in [5, 5.41) is 2.94. The molecule has 2 fully saturated rings. The molecule has 2 unspecified atom stereocenters. The highest BCUT2D eigenvalue weighted by atomic mass is 32.2. The molecule has 2 aromatic carbocycles. The fourth-order valence-corrected chi connectivity index (χ4v) is 5.66. The summed E-state index contributed by atoms with van der Waals surface area (Å²) in [5.74, 6) is 0.974. The zero-order valence-corrected chi connectivity index (χ0v) is 22.4. The largest absolute Gasteiger partial charge is 0.497 e. The number of rotatable bonds is 8. The maximum atomic E-state index is 14.6. The van der Waals surface area contributed by atoms with Crippen LogP contribution in [0.1, 0.15) is 24.0 Å². The molecule has 1 aromatic heterocycles. The molecule has 0 saturated carbocycles. The van der Waals surface area contributed by atoms with Crippen molar-refractivity contribution in [3.05, 3.63) is 65.7 Å². The molecular formula is C27H31FN4O5S. The fourth-order valence-electron chi connectivity index (χ4n) is 5.03. The van der Waals surface area contributed by atoms with E-state index in [-0.39, 0.29) is 28.8 Å². The molecule has 2 aliphatic rings. The van der Waals surface area contributed by atoms with Gasteiger partial charge < -0.3 is 19.5 Å². The van der Waals surface area contributed by atoms with Gasteiger partial charge in [0.1, 0.15) is 29.8 Å². The summed E-state index contributed by atoms with van der Waals surface area (Å²) in [5.41, 5.74) is 1.98.